The van der Waals surface area contributed by atoms with Crippen LogP contribution in [0.1, 0.15) is 50.0 Å². The van der Waals surface area contributed by atoms with Crippen LogP contribution in [-0.4, -0.2) is 30.1 Å². The van der Waals surface area contributed by atoms with Crippen LogP contribution in [0.15, 0.2) is 54.6 Å². The molecule has 2 nitrogen and oxygen atoms in total. The quantitative estimate of drug-likeness (QED) is 0.789. The Morgan fingerprint density at radius 1 is 0.769 bits per heavy atom. The average molecular weight is 352 g/mol. The summed E-state index contributed by atoms with van der Waals surface area (Å²) in [7, 11) is 0. The van der Waals surface area contributed by atoms with Gasteiger partial charge in [0.1, 0.15) is 5.82 Å². The Morgan fingerprint density at radius 2 is 1.42 bits per heavy atom. The lowest BCUT2D eigenvalue weighted by Crippen LogP contribution is -2.45. The molecule has 26 heavy (non-hydrogen) atoms. The summed E-state index contributed by atoms with van der Waals surface area (Å²) in [5, 5.41) is 3.57. The van der Waals surface area contributed by atoms with E-state index in [4.69, 9.17) is 0 Å². The molecule has 1 aliphatic carbocycles. The molecule has 2 aromatic rings. The van der Waals surface area contributed by atoms with Crippen molar-refractivity contribution in [3.05, 3.63) is 66.0 Å². The van der Waals surface area contributed by atoms with E-state index in [-0.39, 0.29) is 5.82 Å². The van der Waals surface area contributed by atoms with Gasteiger partial charge in [-0.2, -0.15) is 0 Å². The molecule has 138 valence electrons. The van der Waals surface area contributed by atoms with Crippen LogP contribution in [0.5, 0.6) is 0 Å². The van der Waals surface area contributed by atoms with Gasteiger partial charge in [-0.3, -0.25) is 0 Å². The fraction of sp³-hybridized carbons (Fsp3) is 0.478. The predicted octanol–water partition coefficient (Wildman–Crippen LogP) is 5.43. The van der Waals surface area contributed by atoms with Crippen LogP contribution in [0.3, 0.4) is 0 Å². The number of rotatable bonds is 4. The summed E-state index contributed by atoms with van der Waals surface area (Å²) in [4.78, 5) is 2.71. The van der Waals surface area contributed by atoms with Gasteiger partial charge in [-0.1, -0.05) is 30.3 Å². The first-order valence-electron chi connectivity index (χ1n) is 10.1. The normalized spacial score (nSPS) is 25.1. The van der Waals surface area contributed by atoms with Crippen molar-refractivity contribution in [1.29, 1.82) is 0 Å². The first-order valence-corrected chi connectivity index (χ1v) is 10.1. The Morgan fingerprint density at radius 3 is 2.08 bits per heavy atom. The van der Waals surface area contributed by atoms with E-state index in [1.165, 1.54) is 69.3 Å². The van der Waals surface area contributed by atoms with Gasteiger partial charge in [-0.05, 0) is 74.3 Å². The van der Waals surface area contributed by atoms with E-state index in [0.29, 0.717) is 6.04 Å². The summed E-state index contributed by atoms with van der Waals surface area (Å²) in [5.74, 6) is 0.585. The Balaban J connectivity index is 1.23. The summed E-state index contributed by atoms with van der Waals surface area (Å²) in [5.41, 5.74) is 2.56. The summed E-state index contributed by atoms with van der Waals surface area (Å²) in [6.45, 7) is 2.36. The number of nitrogens with zero attached hydrogens (tertiary/aromatic N) is 1. The largest absolute Gasteiger partial charge is 0.382 e. The van der Waals surface area contributed by atoms with Gasteiger partial charge in [-0.15, -0.1) is 0 Å². The van der Waals surface area contributed by atoms with E-state index in [1.807, 2.05) is 12.1 Å². The molecular formula is C23H29FN2. The van der Waals surface area contributed by atoms with Crippen LogP contribution in [0.2, 0.25) is 0 Å². The Labute approximate surface area is 156 Å². The number of halogens is 1. The van der Waals surface area contributed by atoms with Crippen molar-refractivity contribution in [2.45, 2.75) is 56.5 Å². The predicted molar refractivity (Wildman–Crippen MR) is 106 cm³/mol. The fourth-order valence-corrected chi connectivity index (χ4v) is 4.69. The first kappa shape index (κ1) is 17.5. The molecule has 0 aromatic heterocycles. The van der Waals surface area contributed by atoms with Gasteiger partial charge in [-0.25, -0.2) is 4.39 Å². The van der Waals surface area contributed by atoms with Crippen molar-refractivity contribution in [2.24, 2.45) is 0 Å². The Kier molecular flexibility index (Phi) is 5.54. The lowest BCUT2D eigenvalue weighted by molar-refractivity contribution is 0.120. The zero-order valence-electron chi connectivity index (χ0n) is 15.4. The molecule has 0 atom stereocenters. The average Bonchev–Trinajstić information content (AvgIpc) is 2.71. The topological polar surface area (TPSA) is 15.3 Å². The number of hydrogen-bond acceptors (Lipinski definition) is 2. The van der Waals surface area contributed by atoms with Gasteiger partial charge in [0.05, 0.1) is 0 Å². The minimum atomic E-state index is -0.170. The van der Waals surface area contributed by atoms with Crippen LogP contribution in [0, 0.1) is 5.82 Å². The summed E-state index contributed by atoms with van der Waals surface area (Å²) in [6, 6.07) is 19.0. The lowest BCUT2D eigenvalue weighted by atomic mass is 9.81. The van der Waals surface area contributed by atoms with Gasteiger partial charge in [0, 0.05) is 30.9 Å². The molecule has 1 N–H and O–H groups in total. The summed E-state index contributed by atoms with van der Waals surface area (Å²) >= 11 is 0. The molecule has 0 unspecified atom stereocenters. The summed E-state index contributed by atoms with van der Waals surface area (Å²) < 4.78 is 13.0. The molecule has 3 heteroatoms. The van der Waals surface area contributed by atoms with E-state index < -0.39 is 0 Å². The summed E-state index contributed by atoms with van der Waals surface area (Å²) in [6.07, 6.45) is 7.65. The molecule has 2 aromatic carbocycles. The van der Waals surface area contributed by atoms with Gasteiger partial charge < -0.3 is 10.2 Å². The number of likely N-dealkylation sites (tertiary alicyclic amines) is 1. The number of nitrogens with one attached hydrogen (secondary N) is 1. The molecule has 0 spiro atoms. The van der Waals surface area contributed by atoms with Crippen molar-refractivity contribution in [3.63, 3.8) is 0 Å². The first-order chi connectivity index (χ1) is 12.8. The van der Waals surface area contributed by atoms with Gasteiger partial charge in [0.15, 0.2) is 0 Å². The molecule has 0 radical (unpaired) electrons. The molecule has 2 aliphatic rings. The Bertz CT molecular complexity index is 669. The molecule has 1 heterocycles. The van der Waals surface area contributed by atoms with Crippen LogP contribution in [-0.2, 0) is 0 Å². The molecule has 1 aliphatic heterocycles. The minimum Gasteiger partial charge on any atom is -0.382 e. The van der Waals surface area contributed by atoms with Crippen LogP contribution in [0.25, 0.3) is 0 Å². The van der Waals surface area contributed by atoms with Gasteiger partial charge in [0.25, 0.3) is 0 Å². The molecule has 2 fully saturated rings. The number of hydrogen-bond donors (Lipinski definition) is 1. The van der Waals surface area contributed by atoms with Crippen molar-refractivity contribution in [1.82, 2.24) is 4.90 Å². The van der Waals surface area contributed by atoms with Gasteiger partial charge >= 0.3 is 0 Å². The van der Waals surface area contributed by atoms with E-state index >= 15 is 0 Å². The van der Waals surface area contributed by atoms with E-state index in [1.54, 1.807) is 0 Å². The van der Waals surface area contributed by atoms with Crippen LogP contribution >= 0.6 is 0 Å². The molecule has 0 amide bonds. The highest BCUT2D eigenvalue weighted by Gasteiger charge is 2.29. The number of anilines is 1. The maximum absolute atomic E-state index is 13.0. The molecule has 0 bridgehead atoms. The van der Waals surface area contributed by atoms with E-state index in [9.17, 15) is 4.39 Å². The SMILES string of the molecule is Fc1ccc(NC2CCN(C3CCC(c4ccccc4)CC3)CC2)cc1. The minimum absolute atomic E-state index is 0.170. The molecule has 4 rings (SSSR count). The second kappa shape index (κ2) is 8.22. The zero-order chi connectivity index (χ0) is 17.8. The van der Waals surface area contributed by atoms with E-state index in [2.05, 4.69) is 40.5 Å². The van der Waals surface area contributed by atoms with Crippen molar-refractivity contribution in [2.75, 3.05) is 18.4 Å². The van der Waals surface area contributed by atoms with Crippen molar-refractivity contribution < 1.29 is 4.39 Å². The van der Waals surface area contributed by atoms with Crippen LogP contribution < -0.4 is 5.32 Å². The standard InChI is InChI=1S/C23H29FN2/c24-20-8-10-21(11-9-20)25-22-14-16-26(17-15-22)23-12-6-19(7-13-23)18-4-2-1-3-5-18/h1-5,8-11,19,22-23,25H,6-7,12-17H2. The molecule has 1 saturated heterocycles. The van der Waals surface area contributed by atoms with Crippen molar-refractivity contribution in [3.8, 4) is 0 Å². The highest BCUT2D eigenvalue weighted by molar-refractivity contribution is 5.43. The van der Waals surface area contributed by atoms with E-state index in [0.717, 1.165) is 17.6 Å². The number of benzene rings is 2. The van der Waals surface area contributed by atoms with Gasteiger partial charge in [0.2, 0.25) is 0 Å². The monoisotopic (exact) mass is 352 g/mol. The number of piperidine rings is 1. The van der Waals surface area contributed by atoms with Crippen LogP contribution in [0.4, 0.5) is 10.1 Å². The third kappa shape index (κ3) is 4.27. The highest BCUT2D eigenvalue weighted by atomic mass is 19.1. The second-order valence-electron chi connectivity index (χ2n) is 7.88. The third-order valence-electron chi connectivity index (χ3n) is 6.23. The molecule has 1 saturated carbocycles. The second-order valence-corrected chi connectivity index (χ2v) is 7.88. The highest BCUT2D eigenvalue weighted by Crippen LogP contribution is 2.35. The van der Waals surface area contributed by atoms with Crippen molar-refractivity contribution >= 4 is 5.69 Å². The molecular weight excluding hydrogens is 323 g/mol. The smallest absolute Gasteiger partial charge is 0.123 e. The fourth-order valence-electron chi connectivity index (χ4n) is 4.69. The third-order valence-corrected chi connectivity index (χ3v) is 6.23. The maximum atomic E-state index is 13.0. The lowest BCUT2D eigenvalue weighted by Gasteiger charge is -2.41. The Hall–Kier alpha value is -1.87. The zero-order valence-corrected chi connectivity index (χ0v) is 15.4. The maximum Gasteiger partial charge on any atom is 0.123 e.